The third-order valence-electron chi connectivity index (χ3n) is 4.43. The minimum Gasteiger partial charge on any atom is -0.469 e. The lowest BCUT2D eigenvalue weighted by molar-refractivity contribution is -0.146. The van der Waals surface area contributed by atoms with E-state index in [1.807, 2.05) is 0 Å². The molecule has 0 aliphatic heterocycles. The number of nitrogens with one attached hydrogen (secondary N) is 1. The Bertz CT molecular complexity index is 246. The first kappa shape index (κ1) is 15.8. The maximum absolute atomic E-state index is 11.4. The lowest BCUT2D eigenvalue weighted by Crippen LogP contribution is -2.34. The van der Waals surface area contributed by atoms with E-state index in [1.165, 1.54) is 45.6 Å². The third-order valence-corrected chi connectivity index (χ3v) is 4.43. The minimum absolute atomic E-state index is 0. The van der Waals surface area contributed by atoms with Crippen molar-refractivity contribution >= 4 is 18.4 Å². The van der Waals surface area contributed by atoms with Gasteiger partial charge < -0.3 is 10.1 Å². The molecule has 0 aromatic heterocycles. The molecule has 2 saturated carbocycles. The zero-order chi connectivity index (χ0) is 12.1. The van der Waals surface area contributed by atoms with Crippen molar-refractivity contribution in [2.24, 2.45) is 11.8 Å². The van der Waals surface area contributed by atoms with Gasteiger partial charge in [0, 0.05) is 6.04 Å². The molecule has 0 aromatic rings. The molecule has 1 N–H and O–H groups in total. The number of hydrogen-bond donors (Lipinski definition) is 1. The van der Waals surface area contributed by atoms with Crippen molar-refractivity contribution in [2.45, 2.75) is 57.4 Å². The van der Waals surface area contributed by atoms with Gasteiger partial charge in [0.1, 0.15) is 0 Å². The Morgan fingerprint density at radius 2 is 1.72 bits per heavy atom. The second-order valence-electron chi connectivity index (χ2n) is 5.63. The molecule has 0 aromatic carbocycles. The largest absolute Gasteiger partial charge is 0.469 e. The minimum atomic E-state index is -0.00722. The molecule has 0 heterocycles. The molecule has 0 saturated heterocycles. The van der Waals surface area contributed by atoms with Gasteiger partial charge in [-0.1, -0.05) is 12.8 Å². The molecule has 3 nitrogen and oxygen atoms in total. The zero-order valence-electron chi connectivity index (χ0n) is 11.3. The monoisotopic (exact) mass is 275 g/mol. The van der Waals surface area contributed by atoms with E-state index in [-0.39, 0.29) is 24.3 Å². The normalized spacial score (nSPS) is 28.7. The van der Waals surface area contributed by atoms with Crippen LogP contribution in [0.2, 0.25) is 0 Å². The fraction of sp³-hybridized carbons (Fsp3) is 0.929. The molecule has 0 spiro atoms. The van der Waals surface area contributed by atoms with Crippen molar-refractivity contribution in [3.63, 3.8) is 0 Å². The summed E-state index contributed by atoms with van der Waals surface area (Å²) in [6.07, 6.45) is 9.90. The summed E-state index contributed by atoms with van der Waals surface area (Å²) in [7, 11) is 1.50. The average molecular weight is 276 g/mol. The molecule has 2 aliphatic rings. The molecule has 2 fully saturated rings. The van der Waals surface area contributed by atoms with Crippen LogP contribution >= 0.6 is 12.4 Å². The van der Waals surface area contributed by atoms with Crippen LogP contribution in [0.3, 0.4) is 0 Å². The molecule has 0 atom stereocenters. The highest BCUT2D eigenvalue weighted by atomic mass is 35.5. The Labute approximate surface area is 116 Å². The highest BCUT2D eigenvalue weighted by molar-refractivity contribution is 5.85. The SMILES string of the molecule is COC(=O)C1CCC(CNC2CCCC2)CC1.Cl. The van der Waals surface area contributed by atoms with E-state index in [4.69, 9.17) is 4.74 Å². The van der Waals surface area contributed by atoms with Crippen LogP contribution in [0, 0.1) is 11.8 Å². The lowest BCUT2D eigenvalue weighted by Gasteiger charge is -2.28. The van der Waals surface area contributed by atoms with Crippen molar-refractivity contribution in [3.05, 3.63) is 0 Å². The van der Waals surface area contributed by atoms with Gasteiger partial charge in [0.2, 0.25) is 0 Å². The molecular formula is C14H26ClNO2. The predicted octanol–water partition coefficient (Wildman–Crippen LogP) is 2.92. The number of esters is 1. The first-order valence-electron chi connectivity index (χ1n) is 7.11. The molecule has 0 amide bonds. The van der Waals surface area contributed by atoms with E-state index in [0.717, 1.165) is 31.3 Å². The Hall–Kier alpha value is -0.280. The van der Waals surface area contributed by atoms with Gasteiger partial charge in [-0.15, -0.1) is 12.4 Å². The standard InChI is InChI=1S/C14H25NO2.ClH/c1-17-14(16)12-8-6-11(7-9-12)10-15-13-4-2-3-5-13;/h11-13,15H,2-10H2,1H3;1H. The molecule has 0 bridgehead atoms. The van der Waals surface area contributed by atoms with Gasteiger partial charge in [0.05, 0.1) is 13.0 Å². The van der Waals surface area contributed by atoms with E-state index in [1.54, 1.807) is 0 Å². The van der Waals surface area contributed by atoms with Crippen LogP contribution in [0.15, 0.2) is 0 Å². The summed E-state index contributed by atoms with van der Waals surface area (Å²) >= 11 is 0. The fourth-order valence-electron chi connectivity index (χ4n) is 3.23. The van der Waals surface area contributed by atoms with Crippen LogP contribution in [0.5, 0.6) is 0 Å². The zero-order valence-corrected chi connectivity index (χ0v) is 12.1. The van der Waals surface area contributed by atoms with Gasteiger partial charge in [-0.3, -0.25) is 4.79 Å². The van der Waals surface area contributed by atoms with Crippen molar-refractivity contribution < 1.29 is 9.53 Å². The Morgan fingerprint density at radius 1 is 1.11 bits per heavy atom. The molecule has 0 unspecified atom stereocenters. The highest BCUT2D eigenvalue weighted by Crippen LogP contribution is 2.29. The van der Waals surface area contributed by atoms with Crippen LogP contribution in [-0.2, 0) is 9.53 Å². The summed E-state index contributed by atoms with van der Waals surface area (Å²) in [4.78, 5) is 11.4. The van der Waals surface area contributed by atoms with E-state index in [2.05, 4.69) is 5.32 Å². The van der Waals surface area contributed by atoms with Crippen LogP contribution in [0.25, 0.3) is 0 Å². The number of methoxy groups -OCH3 is 1. The van der Waals surface area contributed by atoms with E-state index in [9.17, 15) is 4.79 Å². The fourth-order valence-corrected chi connectivity index (χ4v) is 3.23. The summed E-state index contributed by atoms with van der Waals surface area (Å²) in [6, 6.07) is 0.772. The topological polar surface area (TPSA) is 38.3 Å². The van der Waals surface area contributed by atoms with E-state index in [0.29, 0.717) is 0 Å². The first-order chi connectivity index (χ1) is 8.29. The molecule has 0 radical (unpaired) electrons. The number of hydrogen-bond acceptors (Lipinski definition) is 3. The van der Waals surface area contributed by atoms with Crippen molar-refractivity contribution in [2.75, 3.05) is 13.7 Å². The number of carbonyl (C=O) groups is 1. The summed E-state index contributed by atoms with van der Waals surface area (Å²) in [5.41, 5.74) is 0. The van der Waals surface area contributed by atoms with E-state index < -0.39 is 0 Å². The van der Waals surface area contributed by atoms with Crippen molar-refractivity contribution in [3.8, 4) is 0 Å². The van der Waals surface area contributed by atoms with Gasteiger partial charge in [-0.25, -0.2) is 0 Å². The van der Waals surface area contributed by atoms with Crippen molar-refractivity contribution in [1.29, 1.82) is 0 Å². The molecule has 18 heavy (non-hydrogen) atoms. The lowest BCUT2D eigenvalue weighted by atomic mass is 9.82. The maximum atomic E-state index is 11.4. The van der Waals surface area contributed by atoms with Gasteiger partial charge in [0.15, 0.2) is 0 Å². The van der Waals surface area contributed by atoms with Crippen LogP contribution < -0.4 is 5.32 Å². The third kappa shape index (κ3) is 4.43. The highest BCUT2D eigenvalue weighted by Gasteiger charge is 2.27. The number of carbonyl (C=O) groups excluding carboxylic acids is 1. The number of rotatable bonds is 4. The molecular weight excluding hydrogens is 250 g/mol. The van der Waals surface area contributed by atoms with Crippen LogP contribution in [-0.4, -0.2) is 25.7 Å². The van der Waals surface area contributed by atoms with Gasteiger partial charge in [-0.05, 0) is 51.0 Å². The molecule has 2 rings (SSSR count). The summed E-state index contributed by atoms with van der Waals surface area (Å²) < 4.78 is 4.81. The predicted molar refractivity (Wildman–Crippen MR) is 75.0 cm³/mol. The summed E-state index contributed by atoms with van der Waals surface area (Å²) in [5.74, 6) is 0.937. The second-order valence-corrected chi connectivity index (χ2v) is 5.63. The number of ether oxygens (including phenoxy) is 1. The summed E-state index contributed by atoms with van der Waals surface area (Å²) in [6.45, 7) is 1.15. The van der Waals surface area contributed by atoms with Crippen LogP contribution in [0.4, 0.5) is 0 Å². The first-order valence-corrected chi connectivity index (χ1v) is 7.11. The second kappa shape index (κ2) is 8.00. The molecule has 2 aliphatic carbocycles. The quantitative estimate of drug-likeness (QED) is 0.802. The molecule has 106 valence electrons. The molecule has 4 heteroatoms. The Kier molecular flexibility index (Phi) is 7.02. The average Bonchev–Trinajstić information content (AvgIpc) is 2.89. The van der Waals surface area contributed by atoms with Gasteiger partial charge >= 0.3 is 5.97 Å². The van der Waals surface area contributed by atoms with Crippen LogP contribution in [0.1, 0.15) is 51.4 Å². The Balaban J connectivity index is 0.00000162. The van der Waals surface area contributed by atoms with Crippen molar-refractivity contribution in [1.82, 2.24) is 5.32 Å². The summed E-state index contributed by atoms with van der Waals surface area (Å²) in [5, 5.41) is 3.69. The maximum Gasteiger partial charge on any atom is 0.308 e. The number of halogens is 1. The Morgan fingerprint density at radius 3 is 2.28 bits per heavy atom. The van der Waals surface area contributed by atoms with Gasteiger partial charge in [-0.2, -0.15) is 0 Å². The van der Waals surface area contributed by atoms with E-state index >= 15 is 0 Å². The van der Waals surface area contributed by atoms with Gasteiger partial charge in [0.25, 0.3) is 0 Å². The smallest absolute Gasteiger partial charge is 0.308 e.